The summed E-state index contributed by atoms with van der Waals surface area (Å²) in [6, 6.07) is 6.48. The third-order valence-corrected chi connectivity index (χ3v) is 8.11. The monoisotopic (exact) mass is 646 g/mol. The minimum Gasteiger partial charge on any atom is -0.395 e. The molecule has 2 aromatic rings. The molecule has 1 unspecified atom stereocenters. The number of amides is 3. The van der Waals surface area contributed by atoms with E-state index in [1.165, 1.54) is 18.2 Å². The zero-order valence-electron chi connectivity index (χ0n) is 24.0. The number of nitrogens with zero attached hydrogens (tertiary/aromatic N) is 3. The molecule has 0 saturated carbocycles. The molecule has 0 radical (unpaired) electrons. The van der Waals surface area contributed by atoms with Gasteiger partial charge in [-0.15, -0.1) is 0 Å². The van der Waals surface area contributed by atoms with Crippen molar-refractivity contribution in [3.8, 4) is 0 Å². The molecule has 2 aromatic carbocycles. The summed E-state index contributed by atoms with van der Waals surface area (Å²) in [5.74, 6) is -3.55. The lowest BCUT2D eigenvalue weighted by Gasteiger charge is -2.37. The molecular weight excluding hydrogens is 611 g/mol. The van der Waals surface area contributed by atoms with Gasteiger partial charge in [0.15, 0.2) is 11.6 Å². The first-order valence-electron chi connectivity index (χ1n) is 14.4. The molecule has 0 spiro atoms. The molecule has 4 rings (SSSR count). The van der Waals surface area contributed by atoms with Gasteiger partial charge in [-0.2, -0.15) is 13.2 Å². The van der Waals surface area contributed by atoms with Crippen LogP contribution >= 0.6 is 11.6 Å². The number of benzene rings is 2. The zero-order valence-corrected chi connectivity index (χ0v) is 24.8. The average molecular weight is 647 g/mol. The lowest BCUT2D eigenvalue weighted by molar-refractivity contribution is -0.138. The lowest BCUT2D eigenvalue weighted by atomic mass is 10.1. The summed E-state index contributed by atoms with van der Waals surface area (Å²) in [7, 11) is 0. The molecule has 1 atom stereocenters. The van der Waals surface area contributed by atoms with E-state index in [0.717, 1.165) is 25.5 Å². The normalized spacial score (nSPS) is 18.0. The Hall–Kier alpha value is -3.20. The first-order valence-corrected chi connectivity index (χ1v) is 14.8. The van der Waals surface area contributed by atoms with E-state index >= 15 is 0 Å². The second kappa shape index (κ2) is 15.2. The standard InChI is InChI=1S/C29H36ClF5N6O3/c30-20-4-6-23(24(16-20)41-14-12-39(13-15-41)10-7-29(33,34)35)38-27(43)22-5-3-19(25(31)26(22)32)17-37-28(44)36-8-11-40-9-1-2-21(40)18-42/h3-6,16,21,42H,1-2,7-15,17-18H2,(H,38,43)(H2,36,37,44). The van der Waals surface area contributed by atoms with Crippen molar-refractivity contribution < 1.29 is 36.6 Å². The summed E-state index contributed by atoms with van der Waals surface area (Å²) in [6.07, 6.45) is -3.26. The van der Waals surface area contributed by atoms with Crippen LogP contribution in [-0.4, -0.2) is 98.0 Å². The Labute approximate surface area is 257 Å². The molecule has 0 aliphatic carbocycles. The van der Waals surface area contributed by atoms with Gasteiger partial charge in [0.05, 0.1) is 30.0 Å². The molecule has 0 bridgehead atoms. The highest BCUT2D eigenvalue weighted by atomic mass is 35.5. The van der Waals surface area contributed by atoms with Crippen LogP contribution in [-0.2, 0) is 6.54 Å². The topological polar surface area (TPSA) is 100 Å². The summed E-state index contributed by atoms with van der Waals surface area (Å²) < 4.78 is 67.7. The molecule has 242 valence electrons. The van der Waals surface area contributed by atoms with Gasteiger partial charge in [-0.1, -0.05) is 17.7 Å². The predicted octanol–water partition coefficient (Wildman–Crippen LogP) is 4.20. The Kier molecular flexibility index (Phi) is 11.6. The molecule has 15 heteroatoms. The van der Waals surface area contributed by atoms with Crippen molar-refractivity contribution in [2.45, 2.75) is 38.0 Å². The summed E-state index contributed by atoms with van der Waals surface area (Å²) in [5, 5.41) is 17.5. The fourth-order valence-electron chi connectivity index (χ4n) is 5.41. The van der Waals surface area contributed by atoms with Gasteiger partial charge in [0.1, 0.15) is 0 Å². The maximum Gasteiger partial charge on any atom is 0.390 e. The predicted molar refractivity (Wildman–Crippen MR) is 157 cm³/mol. The first kappa shape index (κ1) is 33.7. The Morgan fingerprint density at radius 1 is 0.977 bits per heavy atom. The van der Waals surface area contributed by atoms with Crippen LogP contribution in [0.5, 0.6) is 0 Å². The van der Waals surface area contributed by atoms with Crippen molar-refractivity contribution in [3.63, 3.8) is 0 Å². The van der Waals surface area contributed by atoms with E-state index in [2.05, 4.69) is 20.9 Å². The number of aliphatic hydroxyl groups is 1. The summed E-state index contributed by atoms with van der Waals surface area (Å²) >= 11 is 6.17. The summed E-state index contributed by atoms with van der Waals surface area (Å²) in [6.45, 7) is 2.83. The third kappa shape index (κ3) is 9.16. The van der Waals surface area contributed by atoms with Gasteiger partial charge in [0.25, 0.3) is 5.91 Å². The highest BCUT2D eigenvalue weighted by molar-refractivity contribution is 6.31. The second-order valence-corrected chi connectivity index (χ2v) is 11.3. The van der Waals surface area contributed by atoms with E-state index in [-0.39, 0.29) is 37.0 Å². The van der Waals surface area contributed by atoms with Crippen molar-refractivity contribution in [1.82, 2.24) is 20.4 Å². The van der Waals surface area contributed by atoms with Crippen molar-refractivity contribution in [1.29, 1.82) is 0 Å². The number of hydrogen-bond acceptors (Lipinski definition) is 6. The molecular formula is C29H36ClF5N6O3. The fraction of sp³-hybridized carbons (Fsp3) is 0.517. The quantitative estimate of drug-likeness (QED) is 0.273. The van der Waals surface area contributed by atoms with Crippen LogP contribution < -0.4 is 20.9 Å². The zero-order chi connectivity index (χ0) is 31.9. The number of carbonyl (C=O) groups excluding carboxylic acids is 2. The fourth-order valence-corrected chi connectivity index (χ4v) is 5.57. The van der Waals surface area contributed by atoms with Crippen molar-refractivity contribution in [3.05, 3.63) is 58.1 Å². The number of anilines is 2. The Morgan fingerprint density at radius 3 is 2.43 bits per heavy atom. The maximum absolute atomic E-state index is 15.0. The SMILES string of the molecule is O=C(NCCN1CCCC1CO)NCc1ccc(C(=O)Nc2ccc(Cl)cc2N2CCN(CCC(F)(F)F)CC2)c(F)c1F. The van der Waals surface area contributed by atoms with Crippen LogP contribution in [0.1, 0.15) is 35.2 Å². The van der Waals surface area contributed by atoms with E-state index in [9.17, 15) is 36.6 Å². The van der Waals surface area contributed by atoms with Gasteiger partial charge in [0.2, 0.25) is 0 Å². The molecule has 0 aromatic heterocycles. The van der Waals surface area contributed by atoms with E-state index in [1.807, 2.05) is 4.90 Å². The summed E-state index contributed by atoms with van der Waals surface area (Å²) in [5.41, 5.74) is 0.0949. The molecule has 2 aliphatic rings. The molecule has 2 saturated heterocycles. The van der Waals surface area contributed by atoms with Crippen LogP contribution in [0, 0.1) is 11.6 Å². The number of likely N-dealkylation sites (tertiary alicyclic amines) is 1. The van der Waals surface area contributed by atoms with E-state index in [4.69, 9.17) is 11.6 Å². The third-order valence-electron chi connectivity index (χ3n) is 7.87. The van der Waals surface area contributed by atoms with Crippen LogP contribution in [0.15, 0.2) is 30.3 Å². The number of piperazine rings is 1. The molecule has 4 N–H and O–H groups in total. The van der Waals surface area contributed by atoms with Crippen molar-refractivity contribution >= 4 is 34.9 Å². The van der Waals surface area contributed by atoms with E-state index in [0.29, 0.717) is 50.0 Å². The summed E-state index contributed by atoms with van der Waals surface area (Å²) in [4.78, 5) is 30.8. The lowest BCUT2D eigenvalue weighted by Crippen LogP contribution is -2.47. The molecule has 9 nitrogen and oxygen atoms in total. The van der Waals surface area contributed by atoms with Crippen LogP contribution in [0.4, 0.5) is 38.1 Å². The number of urea groups is 1. The maximum atomic E-state index is 15.0. The molecule has 2 fully saturated rings. The molecule has 2 heterocycles. The van der Waals surface area contributed by atoms with Crippen LogP contribution in [0.2, 0.25) is 5.02 Å². The number of alkyl halides is 3. The largest absolute Gasteiger partial charge is 0.395 e. The average Bonchev–Trinajstić information content (AvgIpc) is 3.45. The van der Waals surface area contributed by atoms with Gasteiger partial charge < -0.3 is 26.0 Å². The van der Waals surface area contributed by atoms with Gasteiger partial charge >= 0.3 is 12.2 Å². The highest BCUT2D eigenvalue weighted by Gasteiger charge is 2.29. The van der Waals surface area contributed by atoms with Gasteiger partial charge in [-0.25, -0.2) is 13.6 Å². The van der Waals surface area contributed by atoms with Gasteiger partial charge in [-0.05, 0) is 43.7 Å². The number of halogens is 6. The molecule has 3 amide bonds. The van der Waals surface area contributed by atoms with Gasteiger partial charge in [0, 0.05) is 69.0 Å². The minimum absolute atomic E-state index is 0.0558. The van der Waals surface area contributed by atoms with Crippen molar-refractivity contribution in [2.24, 2.45) is 0 Å². The smallest absolute Gasteiger partial charge is 0.390 e. The Bertz CT molecular complexity index is 1310. The number of carbonyl (C=O) groups is 2. The Balaban J connectivity index is 1.32. The minimum atomic E-state index is -4.24. The van der Waals surface area contributed by atoms with Gasteiger partial charge in [-0.3, -0.25) is 14.6 Å². The highest BCUT2D eigenvalue weighted by Crippen LogP contribution is 2.31. The van der Waals surface area contributed by atoms with Crippen molar-refractivity contribution in [2.75, 3.05) is 69.2 Å². The number of rotatable bonds is 11. The molecule has 44 heavy (non-hydrogen) atoms. The second-order valence-electron chi connectivity index (χ2n) is 10.8. The number of nitrogens with one attached hydrogen (secondary N) is 3. The molecule has 2 aliphatic heterocycles. The number of aliphatic hydroxyl groups excluding tert-OH is 1. The first-order chi connectivity index (χ1) is 20.9. The Morgan fingerprint density at radius 2 is 1.73 bits per heavy atom. The van der Waals surface area contributed by atoms with E-state index in [1.54, 1.807) is 11.0 Å². The number of hydrogen-bond donors (Lipinski definition) is 4. The van der Waals surface area contributed by atoms with Crippen LogP contribution in [0.25, 0.3) is 0 Å². The van der Waals surface area contributed by atoms with Crippen LogP contribution in [0.3, 0.4) is 0 Å². The van der Waals surface area contributed by atoms with E-state index < -0.39 is 41.7 Å².